The Hall–Kier alpha value is -2.86. The quantitative estimate of drug-likeness (QED) is 0.0491. The molecule has 0 aromatic rings. The minimum atomic E-state index is -1.61. The lowest BCUT2D eigenvalue weighted by molar-refractivity contribution is -0.305. The summed E-state index contributed by atoms with van der Waals surface area (Å²) in [7, 11) is 0. The summed E-state index contributed by atoms with van der Waals surface area (Å²) in [6.07, 6.45) is 23.9. The predicted molar refractivity (Wildman–Crippen MR) is 178 cm³/mol. The van der Waals surface area contributed by atoms with E-state index in [2.05, 4.69) is 26.0 Å². The van der Waals surface area contributed by atoms with Crippen molar-refractivity contribution in [2.45, 2.75) is 121 Å². The van der Waals surface area contributed by atoms with Crippen molar-refractivity contribution in [3.8, 4) is 0 Å². The van der Waals surface area contributed by atoms with Crippen molar-refractivity contribution in [2.24, 2.45) is 0 Å². The van der Waals surface area contributed by atoms with Gasteiger partial charge in [-0.15, -0.1) is 0 Å². The van der Waals surface area contributed by atoms with Gasteiger partial charge in [-0.1, -0.05) is 106 Å². The van der Waals surface area contributed by atoms with Crippen molar-refractivity contribution in [3.63, 3.8) is 0 Å². The maximum atomic E-state index is 12.6. The summed E-state index contributed by atoms with van der Waals surface area (Å²) >= 11 is 0. The largest absolute Gasteiger partial charge is 0.462 e. The van der Waals surface area contributed by atoms with E-state index < -0.39 is 55.4 Å². The molecule has 0 radical (unpaired) electrons. The Labute approximate surface area is 274 Å². The maximum Gasteiger partial charge on any atom is 0.306 e. The topological polar surface area (TPSA) is 152 Å². The molecule has 0 aliphatic carbocycles. The van der Waals surface area contributed by atoms with Gasteiger partial charge >= 0.3 is 11.9 Å². The second-order valence-corrected chi connectivity index (χ2v) is 11.0. The number of carbonyl (C=O) groups excluding carboxylic acids is 2. The second kappa shape index (κ2) is 27.3. The van der Waals surface area contributed by atoms with E-state index in [0.717, 1.165) is 19.3 Å². The van der Waals surface area contributed by atoms with E-state index in [0.29, 0.717) is 19.3 Å². The van der Waals surface area contributed by atoms with E-state index in [4.69, 9.17) is 18.9 Å². The molecule has 10 nitrogen and oxygen atoms in total. The lowest BCUT2D eigenvalue weighted by atomic mass is 9.99. The summed E-state index contributed by atoms with van der Waals surface area (Å²) in [6.45, 7) is 3.05. The van der Waals surface area contributed by atoms with Gasteiger partial charge in [0.1, 0.15) is 31.0 Å². The van der Waals surface area contributed by atoms with E-state index in [-0.39, 0.29) is 26.1 Å². The van der Waals surface area contributed by atoms with Crippen molar-refractivity contribution in [1.29, 1.82) is 0 Å². The second-order valence-electron chi connectivity index (χ2n) is 11.0. The van der Waals surface area contributed by atoms with Crippen LogP contribution >= 0.6 is 0 Å². The van der Waals surface area contributed by atoms with Gasteiger partial charge < -0.3 is 39.4 Å². The van der Waals surface area contributed by atoms with Crippen LogP contribution in [0.4, 0.5) is 0 Å². The van der Waals surface area contributed by atoms with E-state index in [1.54, 1.807) is 0 Å². The third-order valence-corrected chi connectivity index (χ3v) is 6.97. The summed E-state index contributed by atoms with van der Waals surface area (Å²) in [5, 5.41) is 39.7. The van der Waals surface area contributed by atoms with Crippen molar-refractivity contribution in [1.82, 2.24) is 0 Å². The smallest absolute Gasteiger partial charge is 0.306 e. The number of aliphatic hydroxyl groups excluding tert-OH is 4. The molecule has 1 heterocycles. The first-order chi connectivity index (χ1) is 22.3. The number of rotatable bonds is 24. The van der Waals surface area contributed by atoms with Gasteiger partial charge in [-0.2, -0.15) is 0 Å². The van der Waals surface area contributed by atoms with E-state index in [1.165, 1.54) is 19.3 Å². The first kappa shape index (κ1) is 41.2. The highest BCUT2D eigenvalue weighted by Gasteiger charge is 2.44. The number of hydrogen-bond acceptors (Lipinski definition) is 10. The number of carbonyl (C=O) groups is 2. The van der Waals surface area contributed by atoms with Crippen LogP contribution in [0.3, 0.4) is 0 Å². The summed E-state index contributed by atoms with van der Waals surface area (Å²) in [5.74, 6) is -0.970. The molecule has 0 saturated carbocycles. The molecule has 1 saturated heterocycles. The van der Waals surface area contributed by atoms with Gasteiger partial charge in [0, 0.05) is 12.8 Å². The number of aliphatic hydroxyl groups is 4. The van der Waals surface area contributed by atoms with Crippen LogP contribution in [0.15, 0.2) is 72.9 Å². The number of unbranched alkanes of at least 4 members (excludes halogenated alkanes) is 5. The highest BCUT2D eigenvalue weighted by atomic mass is 16.7. The lowest BCUT2D eigenvalue weighted by Crippen LogP contribution is -2.59. The fraction of sp³-hybridized carbons (Fsp3) is 0.611. The fourth-order valence-electron chi connectivity index (χ4n) is 4.29. The molecule has 0 aromatic heterocycles. The molecule has 0 aromatic carbocycles. The summed E-state index contributed by atoms with van der Waals surface area (Å²) in [6, 6.07) is 0. The molecule has 0 amide bonds. The maximum absolute atomic E-state index is 12.6. The zero-order valence-corrected chi connectivity index (χ0v) is 27.5. The third-order valence-electron chi connectivity index (χ3n) is 6.97. The molecule has 4 N–H and O–H groups in total. The standard InChI is InChI=1S/C36H56O10/c1-3-5-7-9-11-13-14-15-16-17-19-21-23-25-32(39)45-29(27-43-31(38)24-22-20-18-12-10-8-6-4-2)28-44-36-35(42)34(41)33(40)30(26-37)46-36/h5,7,9,11,13-20,29-30,33-37,40-42H,3-4,6,8,10,12,21-28H2,1-2H3/b7-5+,11-9+,14-13+,16-15+,19-17+,20-18+/t29?,30-,33+,34?,35?,36-/m1/s1. The molecule has 1 rings (SSSR count). The highest BCUT2D eigenvalue weighted by molar-refractivity contribution is 5.70. The fourth-order valence-corrected chi connectivity index (χ4v) is 4.29. The normalized spacial score (nSPS) is 23.1. The van der Waals surface area contributed by atoms with E-state index >= 15 is 0 Å². The molecule has 1 aliphatic rings. The van der Waals surface area contributed by atoms with E-state index in [9.17, 15) is 30.0 Å². The summed E-state index contributed by atoms with van der Waals surface area (Å²) < 4.78 is 21.8. The Balaban J connectivity index is 2.57. The molecule has 46 heavy (non-hydrogen) atoms. The Morgan fingerprint density at radius 1 is 0.696 bits per heavy atom. The van der Waals surface area contributed by atoms with Crippen LogP contribution in [0.5, 0.6) is 0 Å². The predicted octanol–water partition coefficient (Wildman–Crippen LogP) is 4.93. The van der Waals surface area contributed by atoms with Gasteiger partial charge in [0.25, 0.3) is 0 Å². The van der Waals surface area contributed by atoms with Crippen LogP contribution in [0.25, 0.3) is 0 Å². The minimum absolute atomic E-state index is 0.123. The number of hydrogen-bond donors (Lipinski definition) is 4. The van der Waals surface area contributed by atoms with Crippen LogP contribution < -0.4 is 0 Å². The summed E-state index contributed by atoms with van der Waals surface area (Å²) in [4.78, 5) is 24.9. The molecule has 1 aliphatic heterocycles. The monoisotopic (exact) mass is 648 g/mol. The van der Waals surface area contributed by atoms with Crippen LogP contribution in [0.1, 0.15) is 84.5 Å². The molecular formula is C36H56O10. The van der Waals surface area contributed by atoms with Gasteiger partial charge in [-0.3, -0.25) is 9.59 Å². The molecule has 1 fully saturated rings. The first-order valence-electron chi connectivity index (χ1n) is 16.6. The van der Waals surface area contributed by atoms with Gasteiger partial charge in [0.05, 0.1) is 13.2 Å². The van der Waals surface area contributed by atoms with Crippen molar-refractivity contribution >= 4 is 11.9 Å². The molecule has 260 valence electrons. The van der Waals surface area contributed by atoms with Crippen LogP contribution in [0.2, 0.25) is 0 Å². The third kappa shape index (κ3) is 19.6. The number of esters is 2. The van der Waals surface area contributed by atoms with Crippen molar-refractivity contribution in [2.75, 3.05) is 19.8 Å². The van der Waals surface area contributed by atoms with Crippen LogP contribution in [0, 0.1) is 0 Å². The molecular weight excluding hydrogens is 592 g/mol. The minimum Gasteiger partial charge on any atom is -0.462 e. The van der Waals surface area contributed by atoms with Crippen molar-refractivity contribution in [3.05, 3.63) is 72.9 Å². The number of allylic oxidation sites excluding steroid dienone is 12. The van der Waals surface area contributed by atoms with E-state index in [1.807, 2.05) is 60.8 Å². The highest BCUT2D eigenvalue weighted by Crippen LogP contribution is 2.22. The Morgan fingerprint density at radius 3 is 2.02 bits per heavy atom. The molecule has 3 unspecified atom stereocenters. The average Bonchev–Trinajstić information content (AvgIpc) is 3.05. The SMILES string of the molecule is CC/C=C/C=C/C=C/C=C/C=C/CCCC(=O)OC(COC(=O)CC/C=C/CCCCCC)CO[C@@H]1O[C@H](CO)[C@H](O)C(O)C1O. The Bertz CT molecular complexity index is 981. The van der Waals surface area contributed by atoms with Gasteiger partial charge in [-0.05, 0) is 38.5 Å². The van der Waals surface area contributed by atoms with Gasteiger partial charge in [-0.25, -0.2) is 0 Å². The summed E-state index contributed by atoms with van der Waals surface area (Å²) in [5.41, 5.74) is 0. The lowest BCUT2D eigenvalue weighted by Gasteiger charge is -2.39. The van der Waals surface area contributed by atoms with Gasteiger partial charge in [0.15, 0.2) is 12.4 Å². The molecule has 0 spiro atoms. The Morgan fingerprint density at radius 2 is 1.35 bits per heavy atom. The molecule has 6 atom stereocenters. The Kier molecular flexibility index (Phi) is 24.4. The average molecular weight is 649 g/mol. The first-order valence-corrected chi connectivity index (χ1v) is 16.6. The van der Waals surface area contributed by atoms with Crippen molar-refractivity contribution < 1.29 is 49.0 Å². The molecule has 0 bridgehead atoms. The number of ether oxygens (including phenoxy) is 4. The van der Waals surface area contributed by atoms with Crippen LogP contribution in [-0.4, -0.2) is 89.0 Å². The zero-order chi connectivity index (χ0) is 33.8. The van der Waals surface area contributed by atoms with Gasteiger partial charge in [0.2, 0.25) is 0 Å². The van der Waals surface area contributed by atoms with Crippen LogP contribution in [-0.2, 0) is 28.5 Å². The zero-order valence-electron chi connectivity index (χ0n) is 27.5. The molecule has 10 heteroatoms.